The Labute approximate surface area is 91.0 Å². The topological polar surface area (TPSA) is 20.2 Å². The van der Waals surface area contributed by atoms with E-state index in [0.717, 1.165) is 5.56 Å². The largest absolute Gasteiger partial charge is 0.508 e. The summed E-state index contributed by atoms with van der Waals surface area (Å²) in [4.78, 5) is 0. The van der Waals surface area contributed by atoms with Crippen molar-refractivity contribution in [3.05, 3.63) is 65.7 Å². The number of aromatic hydroxyl groups is 1. The fraction of sp³-hybridized carbons (Fsp3) is 0.143. The summed E-state index contributed by atoms with van der Waals surface area (Å²) in [5.74, 6) is 0.368. The summed E-state index contributed by atoms with van der Waals surface area (Å²) in [5, 5.41) is 8.92. The molecule has 78 valence electrons. The Morgan fingerprint density at radius 1 is 0.733 bits per heavy atom. The standard InChI is InChI=1S/C7H8O.C7H8/c1-6-4-2-3-5-7(6)8;1-7-5-3-2-4-6-7/h2-5,8H,1H3;2-6H,1H3. The highest BCUT2D eigenvalue weighted by Crippen LogP contribution is 2.12. The van der Waals surface area contributed by atoms with Gasteiger partial charge in [-0.2, -0.15) is 0 Å². The molecule has 2 aromatic rings. The third kappa shape index (κ3) is 4.32. The van der Waals surface area contributed by atoms with Gasteiger partial charge in [-0.15, -0.1) is 0 Å². The minimum atomic E-state index is 0.368. The number of hydrogen-bond donors (Lipinski definition) is 1. The maximum atomic E-state index is 8.92. The van der Waals surface area contributed by atoms with Gasteiger partial charge in [-0.25, -0.2) is 0 Å². The normalized spacial score (nSPS) is 8.93. The van der Waals surface area contributed by atoms with Gasteiger partial charge in [0.2, 0.25) is 0 Å². The first-order valence-corrected chi connectivity index (χ1v) is 4.96. The molecule has 1 heteroatoms. The van der Waals surface area contributed by atoms with Crippen molar-refractivity contribution in [3.63, 3.8) is 0 Å². The number of para-hydroxylation sites is 1. The molecule has 0 aliphatic carbocycles. The monoisotopic (exact) mass is 200 g/mol. The third-order valence-electron chi connectivity index (χ3n) is 2.06. The SMILES string of the molecule is Cc1ccccc1.Cc1ccccc1O. The molecule has 15 heavy (non-hydrogen) atoms. The van der Waals surface area contributed by atoms with Crippen molar-refractivity contribution in [2.45, 2.75) is 13.8 Å². The molecular weight excluding hydrogens is 184 g/mol. The van der Waals surface area contributed by atoms with Crippen LogP contribution < -0.4 is 0 Å². The second-order valence-electron chi connectivity index (χ2n) is 3.44. The van der Waals surface area contributed by atoms with Gasteiger partial charge in [0.25, 0.3) is 0 Å². The number of aryl methyl sites for hydroxylation is 2. The van der Waals surface area contributed by atoms with Gasteiger partial charge >= 0.3 is 0 Å². The zero-order chi connectivity index (χ0) is 11.1. The average Bonchev–Trinajstić information content (AvgIpc) is 2.25. The molecule has 0 fully saturated rings. The predicted octanol–water partition coefficient (Wildman–Crippen LogP) is 3.70. The molecule has 0 aliphatic rings. The van der Waals surface area contributed by atoms with Crippen LogP contribution in [0.5, 0.6) is 5.75 Å². The van der Waals surface area contributed by atoms with Gasteiger partial charge in [0, 0.05) is 0 Å². The Morgan fingerprint density at radius 3 is 1.60 bits per heavy atom. The molecule has 0 spiro atoms. The molecule has 2 rings (SSSR count). The van der Waals surface area contributed by atoms with E-state index in [1.54, 1.807) is 6.07 Å². The lowest BCUT2D eigenvalue weighted by Gasteiger charge is -1.92. The molecule has 1 nitrogen and oxygen atoms in total. The van der Waals surface area contributed by atoms with Crippen molar-refractivity contribution < 1.29 is 5.11 Å². The fourth-order valence-corrected chi connectivity index (χ4v) is 1.10. The van der Waals surface area contributed by atoms with Gasteiger partial charge in [0.15, 0.2) is 0 Å². The number of rotatable bonds is 0. The molecule has 0 aromatic heterocycles. The van der Waals surface area contributed by atoms with E-state index < -0.39 is 0 Å². The Kier molecular flexibility index (Phi) is 4.42. The minimum Gasteiger partial charge on any atom is -0.508 e. The summed E-state index contributed by atoms with van der Waals surface area (Å²) in [6, 6.07) is 17.5. The lowest BCUT2D eigenvalue weighted by Crippen LogP contribution is -1.68. The summed E-state index contributed by atoms with van der Waals surface area (Å²) < 4.78 is 0. The van der Waals surface area contributed by atoms with Crippen molar-refractivity contribution in [2.75, 3.05) is 0 Å². The predicted molar refractivity (Wildman–Crippen MR) is 64.0 cm³/mol. The molecule has 2 aromatic carbocycles. The van der Waals surface area contributed by atoms with Crippen LogP contribution in [0.3, 0.4) is 0 Å². The van der Waals surface area contributed by atoms with E-state index in [2.05, 4.69) is 19.1 Å². The number of hydrogen-bond acceptors (Lipinski definition) is 1. The Hall–Kier alpha value is -1.76. The van der Waals surface area contributed by atoms with E-state index in [0.29, 0.717) is 5.75 Å². The van der Waals surface area contributed by atoms with E-state index in [9.17, 15) is 0 Å². The van der Waals surface area contributed by atoms with Crippen LogP contribution in [0.25, 0.3) is 0 Å². The van der Waals surface area contributed by atoms with Crippen LogP contribution in [0.1, 0.15) is 11.1 Å². The van der Waals surface area contributed by atoms with Gasteiger partial charge < -0.3 is 5.11 Å². The zero-order valence-electron chi connectivity index (χ0n) is 9.14. The zero-order valence-corrected chi connectivity index (χ0v) is 9.14. The lowest BCUT2D eigenvalue weighted by atomic mass is 10.2. The van der Waals surface area contributed by atoms with Crippen molar-refractivity contribution >= 4 is 0 Å². The maximum Gasteiger partial charge on any atom is 0.118 e. The number of phenols is 1. The molecule has 0 bridgehead atoms. The average molecular weight is 200 g/mol. The summed E-state index contributed by atoms with van der Waals surface area (Å²) in [6.45, 7) is 3.95. The molecule has 0 saturated heterocycles. The van der Waals surface area contributed by atoms with E-state index in [-0.39, 0.29) is 0 Å². The minimum absolute atomic E-state index is 0.368. The van der Waals surface area contributed by atoms with Crippen LogP contribution in [-0.4, -0.2) is 5.11 Å². The third-order valence-corrected chi connectivity index (χ3v) is 2.06. The van der Waals surface area contributed by atoms with Gasteiger partial charge in [-0.3, -0.25) is 0 Å². The first-order valence-electron chi connectivity index (χ1n) is 4.96. The molecule has 0 amide bonds. The molecule has 0 unspecified atom stereocenters. The van der Waals surface area contributed by atoms with Gasteiger partial charge in [0.05, 0.1) is 0 Å². The van der Waals surface area contributed by atoms with Crippen molar-refractivity contribution in [2.24, 2.45) is 0 Å². The van der Waals surface area contributed by atoms with Gasteiger partial charge in [-0.1, -0.05) is 54.1 Å². The van der Waals surface area contributed by atoms with Crippen molar-refractivity contribution in [3.8, 4) is 5.75 Å². The number of benzene rings is 2. The lowest BCUT2D eigenvalue weighted by molar-refractivity contribution is 0.471. The Morgan fingerprint density at radius 2 is 1.27 bits per heavy atom. The summed E-state index contributed by atoms with van der Waals surface area (Å²) in [7, 11) is 0. The highest BCUT2D eigenvalue weighted by Gasteiger charge is 1.87. The van der Waals surface area contributed by atoms with Crippen LogP contribution >= 0.6 is 0 Å². The van der Waals surface area contributed by atoms with Crippen LogP contribution in [0.2, 0.25) is 0 Å². The second-order valence-corrected chi connectivity index (χ2v) is 3.44. The first kappa shape index (κ1) is 11.3. The molecule has 0 radical (unpaired) electrons. The second kappa shape index (κ2) is 5.86. The van der Waals surface area contributed by atoms with E-state index >= 15 is 0 Å². The summed E-state index contributed by atoms with van der Waals surface area (Å²) in [5.41, 5.74) is 2.25. The van der Waals surface area contributed by atoms with E-state index in [1.807, 2.05) is 43.3 Å². The van der Waals surface area contributed by atoms with Crippen molar-refractivity contribution in [1.82, 2.24) is 0 Å². The van der Waals surface area contributed by atoms with Crippen molar-refractivity contribution in [1.29, 1.82) is 0 Å². The van der Waals surface area contributed by atoms with E-state index in [1.165, 1.54) is 5.56 Å². The van der Waals surface area contributed by atoms with Crippen LogP contribution in [-0.2, 0) is 0 Å². The highest BCUT2D eigenvalue weighted by atomic mass is 16.3. The molecule has 0 saturated carbocycles. The van der Waals surface area contributed by atoms with E-state index in [4.69, 9.17) is 5.11 Å². The summed E-state index contributed by atoms with van der Waals surface area (Å²) in [6.07, 6.45) is 0. The quantitative estimate of drug-likeness (QED) is 0.687. The Bertz CT molecular complexity index is 372. The smallest absolute Gasteiger partial charge is 0.118 e. The molecule has 0 aliphatic heterocycles. The molecular formula is C14H16O. The fourth-order valence-electron chi connectivity index (χ4n) is 1.10. The van der Waals surface area contributed by atoms with Gasteiger partial charge in [0.1, 0.15) is 5.75 Å². The van der Waals surface area contributed by atoms with Crippen LogP contribution in [0.4, 0.5) is 0 Å². The van der Waals surface area contributed by atoms with Crippen LogP contribution in [0.15, 0.2) is 54.6 Å². The summed E-state index contributed by atoms with van der Waals surface area (Å²) >= 11 is 0. The number of phenolic OH excluding ortho intramolecular Hbond substituents is 1. The van der Waals surface area contributed by atoms with Crippen LogP contribution in [0, 0.1) is 13.8 Å². The Balaban J connectivity index is 0.000000151. The molecule has 1 N–H and O–H groups in total. The highest BCUT2D eigenvalue weighted by molar-refractivity contribution is 5.29. The molecule has 0 atom stereocenters. The van der Waals surface area contributed by atoms with Gasteiger partial charge in [-0.05, 0) is 25.5 Å². The first-order chi connectivity index (χ1) is 7.20. The maximum absolute atomic E-state index is 8.92. The molecule has 0 heterocycles.